The van der Waals surface area contributed by atoms with Gasteiger partial charge in [-0.15, -0.1) is 10.2 Å². The van der Waals surface area contributed by atoms with Crippen molar-refractivity contribution in [2.24, 2.45) is 11.7 Å². The predicted octanol–water partition coefficient (Wildman–Crippen LogP) is 1.11. The zero-order valence-electron chi connectivity index (χ0n) is 10.2. The topological polar surface area (TPSA) is 81.3 Å². The molecule has 0 spiro atoms. The number of likely N-dealkylation sites (tertiary alicyclic amines) is 1. The Morgan fingerprint density at radius 3 is 3.00 bits per heavy atom. The van der Waals surface area contributed by atoms with Crippen molar-refractivity contribution in [2.45, 2.75) is 19.5 Å². The molecule has 18 heavy (non-hydrogen) atoms. The van der Waals surface area contributed by atoms with E-state index in [9.17, 15) is 0 Å². The van der Waals surface area contributed by atoms with E-state index in [1.54, 1.807) is 18.4 Å². The standard InChI is InChI=1S/C12H16N4O2/c1-8-5-16(6-9(8)13)7-11-14-15-12(18-11)10-3-2-4-17-10/h2-4,8-9H,5-7,13H2,1H3. The van der Waals surface area contributed by atoms with E-state index in [0.717, 1.165) is 13.1 Å². The third kappa shape index (κ3) is 2.16. The summed E-state index contributed by atoms with van der Waals surface area (Å²) in [7, 11) is 0. The van der Waals surface area contributed by atoms with Gasteiger partial charge in [-0.25, -0.2) is 0 Å². The Morgan fingerprint density at radius 1 is 1.44 bits per heavy atom. The molecule has 0 amide bonds. The van der Waals surface area contributed by atoms with E-state index in [-0.39, 0.29) is 6.04 Å². The molecule has 2 atom stereocenters. The van der Waals surface area contributed by atoms with Crippen LogP contribution in [0.2, 0.25) is 0 Å². The van der Waals surface area contributed by atoms with Gasteiger partial charge < -0.3 is 14.6 Å². The molecule has 2 N–H and O–H groups in total. The molecule has 1 aliphatic rings. The van der Waals surface area contributed by atoms with Gasteiger partial charge in [-0.2, -0.15) is 0 Å². The minimum Gasteiger partial charge on any atom is -0.459 e. The molecule has 6 heteroatoms. The molecule has 0 radical (unpaired) electrons. The molecule has 1 saturated heterocycles. The van der Waals surface area contributed by atoms with Crippen LogP contribution in [-0.2, 0) is 6.54 Å². The van der Waals surface area contributed by atoms with Gasteiger partial charge in [0.1, 0.15) is 0 Å². The van der Waals surface area contributed by atoms with Gasteiger partial charge >= 0.3 is 0 Å². The van der Waals surface area contributed by atoms with E-state index < -0.39 is 0 Å². The van der Waals surface area contributed by atoms with Crippen LogP contribution in [-0.4, -0.2) is 34.2 Å². The molecule has 3 rings (SSSR count). The van der Waals surface area contributed by atoms with Crippen LogP contribution in [0, 0.1) is 5.92 Å². The van der Waals surface area contributed by atoms with Crippen molar-refractivity contribution in [3.8, 4) is 11.7 Å². The maximum Gasteiger partial charge on any atom is 0.283 e. The first kappa shape index (κ1) is 11.4. The van der Waals surface area contributed by atoms with Crippen molar-refractivity contribution in [3.63, 3.8) is 0 Å². The van der Waals surface area contributed by atoms with Crippen LogP contribution < -0.4 is 5.73 Å². The Morgan fingerprint density at radius 2 is 2.33 bits per heavy atom. The van der Waals surface area contributed by atoms with Crippen molar-refractivity contribution in [3.05, 3.63) is 24.3 Å². The minimum absolute atomic E-state index is 0.234. The molecule has 2 aromatic rings. The second kappa shape index (κ2) is 4.55. The van der Waals surface area contributed by atoms with Gasteiger partial charge in [0.15, 0.2) is 5.76 Å². The van der Waals surface area contributed by atoms with E-state index in [0.29, 0.717) is 30.0 Å². The Bertz CT molecular complexity index is 498. The molecule has 6 nitrogen and oxygen atoms in total. The lowest BCUT2D eigenvalue weighted by Gasteiger charge is -2.11. The summed E-state index contributed by atoms with van der Waals surface area (Å²) in [4.78, 5) is 2.23. The highest BCUT2D eigenvalue weighted by Gasteiger charge is 2.27. The Kier molecular flexibility index (Phi) is 2.89. The number of aromatic nitrogens is 2. The fourth-order valence-electron chi connectivity index (χ4n) is 2.23. The van der Waals surface area contributed by atoms with E-state index in [4.69, 9.17) is 14.6 Å². The van der Waals surface area contributed by atoms with Crippen molar-refractivity contribution < 1.29 is 8.83 Å². The molecular weight excluding hydrogens is 232 g/mol. The van der Waals surface area contributed by atoms with E-state index in [1.165, 1.54) is 0 Å². The fraction of sp³-hybridized carbons (Fsp3) is 0.500. The number of furan rings is 1. The molecule has 0 aromatic carbocycles. The lowest BCUT2D eigenvalue weighted by Crippen LogP contribution is -2.28. The maximum atomic E-state index is 5.98. The quantitative estimate of drug-likeness (QED) is 0.876. The molecule has 2 unspecified atom stereocenters. The molecular formula is C12H16N4O2. The Hall–Kier alpha value is -1.66. The summed E-state index contributed by atoms with van der Waals surface area (Å²) in [5.41, 5.74) is 5.98. The first-order valence-electron chi connectivity index (χ1n) is 6.06. The Balaban J connectivity index is 1.68. The largest absolute Gasteiger partial charge is 0.459 e. The maximum absolute atomic E-state index is 5.98. The average molecular weight is 248 g/mol. The summed E-state index contributed by atoms with van der Waals surface area (Å²) in [5.74, 6) is 2.13. The summed E-state index contributed by atoms with van der Waals surface area (Å²) < 4.78 is 10.8. The van der Waals surface area contributed by atoms with Crippen LogP contribution in [0.5, 0.6) is 0 Å². The molecule has 0 aliphatic carbocycles. The van der Waals surface area contributed by atoms with Crippen molar-refractivity contribution in [1.82, 2.24) is 15.1 Å². The van der Waals surface area contributed by atoms with Crippen LogP contribution in [0.25, 0.3) is 11.7 Å². The highest BCUT2D eigenvalue weighted by atomic mass is 16.4. The molecule has 1 fully saturated rings. The second-order valence-electron chi connectivity index (χ2n) is 4.81. The van der Waals surface area contributed by atoms with Crippen LogP contribution in [0.4, 0.5) is 0 Å². The molecule has 1 aliphatic heterocycles. The zero-order valence-corrected chi connectivity index (χ0v) is 10.2. The monoisotopic (exact) mass is 248 g/mol. The van der Waals surface area contributed by atoms with Gasteiger partial charge in [0.25, 0.3) is 5.89 Å². The summed E-state index contributed by atoms with van der Waals surface area (Å²) in [5, 5.41) is 8.00. The third-order valence-electron chi connectivity index (χ3n) is 3.30. The van der Waals surface area contributed by atoms with Gasteiger partial charge in [0, 0.05) is 19.1 Å². The Labute approximate surface area is 105 Å². The highest BCUT2D eigenvalue weighted by molar-refractivity contribution is 5.42. The van der Waals surface area contributed by atoms with E-state index in [1.807, 2.05) is 0 Å². The van der Waals surface area contributed by atoms with Crippen LogP contribution in [0.3, 0.4) is 0 Å². The van der Waals surface area contributed by atoms with Gasteiger partial charge in [-0.1, -0.05) is 6.92 Å². The molecule has 0 saturated carbocycles. The zero-order chi connectivity index (χ0) is 12.5. The van der Waals surface area contributed by atoms with Crippen LogP contribution in [0.1, 0.15) is 12.8 Å². The van der Waals surface area contributed by atoms with Crippen LogP contribution >= 0.6 is 0 Å². The minimum atomic E-state index is 0.234. The molecule has 0 bridgehead atoms. The smallest absolute Gasteiger partial charge is 0.283 e. The summed E-state index contributed by atoms with van der Waals surface area (Å²) in [6, 6.07) is 3.82. The number of nitrogens with two attached hydrogens (primary N) is 1. The van der Waals surface area contributed by atoms with Crippen molar-refractivity contribution in [2.75, 3.05) is 13.1 Å². The van der Waals surface area contributed by atoms with Crippen molar-refractivity contribution >= 4 is 0 Å². The van der Waals surface area contributed by atoms with Gasteiger partial charge in [-0.05, 0) is 18.1 Å². The van der Waals surface area contributed by atoms with Gasteiger partial charge in [0.05, 0.1) is 12.8 Å². The molecule has 96 valence electrons. The highest BCUT2D eigenvalue weighted by Crippen LogP contribution is 2.20. The average Bonchev–Trinajstić information content (AvgIpc) is 3.02. The lowest BCUT2D eigenvalue weighted by atomic mass is 10.1. The second-order valence-corrected chi connectivity index (χ2v) is 4.81. The number of rotatable bonds is 3. The first-order valence-corrected chi connectivity index (χ1v) is 6.06. The summed E-state index contributed by atoms with van der Waals surface area (Å²) in [6.45, 7) is 4.65. The number of hydrogen-bond donors (Lipinski definition) is 1. The van der Waals surface area contributed by atoms with E-state index >= 15 is 0 Å². The molecule has 3 heterocycles. The lowest BCUT2D eigenvalue weighted by molar-refractivity contribution is 0.282. The first-order chi connectivity index (χ1) is 8.72. The number of hydrogen-bond acceptors (Lipinski definition) is 6. The van der Waals surface area contributed by atoms with Gasteiger partial charge in [-0.3, -0.25) is 4.90 Å². The van der Waals surface area contributed by atoms with Crippen LogP contribution in [0.15, 0.2) is 27.2 Å². The van der Waals surface area contributed by atoms with E-state index in [2.05, 4.69) is 22.0 Å². The SMILES string of the molecule is CC1CN(Cc2nnc(-c3ccco3)o2)CC1N. The molecule has 2 aromatic heterocycles. The summed E-state index contributed by atoms with van der Waals surface area (Å²) >= 11 is 0. The predicted molar refractivity (Wildman–Crippen MR) is 64.4 cm³/mol. The summed E-state index contributed by atoms with van der Waals surface area (Å²) in [6.07, 6.45) is 1.58. The van der Waals surface area contributed by atoms with Crippen molar-refractivity contribution in [1.29, 1.82) is 0 Å². The number of nitrogens with zero attached hydrogens (tertiary/aromatic N) is 3. The van der Waals surface area contributed by atoms with Gasteiger partial charge in [0.2, 0.25) is 5.89 Å². The fourth-order valence-corrected chi connectivity index (χ4v) is 2.23. The normalized spacial score (nSPS) is 24.8. The third-order valence-corrected chi connectivity index (χ3v) is 3.30.